The lowest BCUT2D eigenvalue weighted by Crippen LogP contribution is -2.42. The number of unbranched alkanes of at least 4 members (excludes halogenated alkanes) is 1. The molecule has 0 spiro atoms. The van der Waals surface area contributed by atoms with Crippen LogP contribution in [-0.2, 0) is 20.7 Å². The van der Waals surface area contributed by atoms with E-state index in [4.69, 9.17) is 9.15 Å². The van der Waals surface area contributed by atoms with Crippen LogP contribution in [0.1, 0.15) is 51.7 Å². The quantitative estimate of drug-likeness (QED) is 0.436. The summed E-state index contributed by atoms with van der Waals surface area (Å²) >= 11 is 0. The Morgan fingerprint density at radius 3 is 2.86 bits per heavy atom. The van der Waals surface area contributed by atoms with E-state index in [1.165, 1.54) is 0 Å². The molecule has 1 unspecified atom stereocenters. The van der Waals surface area contributed by atoms with Crippen LogP contribution in [0.4, 0.5) is 0 Å². The van der Waals surface area contributed by atoms with E-state index in [0.29, 0.717) is 19.4 Å². The van der Waals surface area contributed by atoms with Gasteiger partial charge in [-0.15, -0.1) is 0 Å². The summed E-state index contributed by atoms with van der Waals surface area (Å²) in [7, 11) is 0. The fourth-order valence-electron chi connectivity index (χ4n) is 2.97. The zero-order valence-electron chi connectivity index (χ0n) is 13.4. The van der Waals surface area contributed by atoms with Crippen LogP contribution in [0.3, 0.4) is 0 Å². The number of carbonyl (C=O) groups excluding carboxylic acids is 2. The zero-order valence-corrected chi connectivity index (χ0v) is 13.4. The van der Waals surface area contributed by atoms with Gasteiger partial charge in [-0.1, -0.05) is 12.0 Å². The van der Waals surface area contributed by atoms with Gasteiger partial charge in [-0.3, -0.25) is 9.59 Å². The van der Waals surface area contributed by atoms with E-state index in [9.17, 15) is 9.59 Å². The number of hydrogen-bond donors (Lipinski definition) is 0. The summed E-state index contributed by atoms with van der Waals surface area (Å²) in [6, 6.07) is 3.81. The molecule has 1 aliphatic rings. The number of furan rings is 1. The molecule has 0 aliphatic heterocycles. The largest absolute Gasteiger partial charge is 0.469 e. The van der Waals surface area contributed by atoms with Gasteiger partial charge in [-0.05, 0) is 57.7 Å². The third-order valence-corrected chi connectivity index (χ3v) is 4.32. The molecule has 4 heteroatoms. The number of aryl methyl sites for hydroxylation is 1. The minimum atomic E-state index is -0.974. The summed E-state index contributed by atoms with van der Waals surface area (Å²) in [4.78, 5) is 24.8. The van der Waals surface area contributed by atoms with Crippen LogP contribution in [0.5, 0.6) is 0 Å². The minimum absolute atomic E-state index is 0.0901. The van der Waals surface area contributed by atoms with Crippen molar-refractivity contribution in [3.05, 3.63) is 35.8 Å². The number of hydrogen-bond acceptors (Lipinski definition) is 4. The summed E-state index contributed by atoms with van der Waals surface area (Å²) in [5.74, 6) is 0.491. The van der Waals surface area contributed by atoms with Gasteiger partial charge in [0.25, 0.3) is 0 Å². The lowest BCUT2D eigenvalue weighted by atomic mass is 9.71. The summed E-state index contributed by atoms with van der Waals surface area (Å²) in [5, 5.41) is 0. The van der Waals surface area contributed by atoms with Crippen LogP contribution in [0.25, 0.3) is 0 Å². The molecule has 2 rings (SSSR count). The second-order valence-electron chi connectivity index (χ2n) is 5.94. The molecule has 0 saturated carbocycles. The lowest BCUT2D eigenvalue weighted by Gasteiger charge is -2.32. The summed E-state index contributed by atoms with van der Waals surface area (Å²) in [6.07, 6.45) is 7.70. The highest BCUT2D eigenvalue weighted by atomic mass is 16.5. The molecule has 0 saturated heterocycles. The average molecular weight is 304 g/mol. The summed E-state index contributed by atoms with van der Waals surface area (Å²) < 4.78 is 10.5. The van der Waals surface area contributed by atoms with Crippen LogP contribution in [0, 0.1) is 5.41 Å². The molecule has 0 aromatic carbocycles. The first-order chi connectivity index (χ1) is 10.6. The number of carbonyl (C=O) groups is 2. The first kappa shape index (κ1) is 16.5. The maximum absolute atomic E-state index is 12.5. The Balaban J connectivity index is 1.99. The van der Waals surface area contributed by atoms with E-state index in [1.807, 2.05) is 19.1 Å². The Kier molecular flexibility index (Phi) is 5.58. The highest BCUT2D eigenvalue weighted by Crippen LogP contribution is 2.38. The molecular weight excluding hydrogens is 280 g/mol. The van der Waals surface area contributed by atoms with Crippen molar-refractivity contribution in [3.8, 4) is 0 Å². The van der Waals surface area contributed by atoms with Gasteiger partial charge in [-0.25, -0.2) is 0 Å². The van der Waals surface area contributed by atoms with Crippen molar-refractivity contribution >= 4 is 11.8 Å². The van der Waals surface area contributed by atoms with Gasteiger partial charge in [0.15, 0.2) is 5.78 Å². The Hall–Kier alpha value is -1.84. The molecule has 0 bridgehead atoms. The smallest absolute Gasteiger partial charge is 0.319 e. The number of ether oxygens (including phenoxy) is 1. The average Bonchev–Trinajstić information content (AvgIpc) is 2.99. The third-order valence-electron chi connectivity index (χ3n) is 4.32. The van der Waals surface area contributed by atoms with E-state index in [-0.39, 0.29) is 11.8 Å². The van der Waals surface area contributed by atoms with Crippen molar-refractivity contribution in [2.24, 2.45) is 5.41 Å². The van der Waals surface area contributed by atoms with Crippen LogP contribution < -0.4 is 0 Å². The molecule has 1 aromatic rings. The van der Waals surface area contributed by atoms with Crippen molar-refractivity contribution in [3.63, 3.8) is 0 Å². The zero-order chi connectivity index (χ0) is 16.0. The Labute approximate surface area is 131 Å². The Morgan fingerprint density at radius 2 is 2.23 bits per heavy atom. The molecular formula is C18H24O4. The second-order valence-corrected chi connectivity index (χ2v) is 5.94. The highest BCUT2D eigenvalue weighted by molar-refractivity contribution is 6.10. The van der Waals surface area contributed by atoms with Gasteiger partial charge in [0.1, 0.15) is 11.2 Å². The molecule has 0 radical (unpaired) electrons. The third kappa shape index (κ3) is 3.67. The molecule has 0 fully saturated rings. The molecule has 1 heterocycles. The van der Waals surface area contributed by atoms with Crippen LogP contribution in [0.2, 0.25) is 0 Å². The van der Waals surface area contributed by atoms with E-state index >= 15 is 0 Å². The topological polar surface area (TPSA) is 56.5 Å². The predicted molar refractivity (Wildman–Crippen MR) is 83.3 cm³/mol. The van der Waals surface area contributed by atoms with Crippen molar-refractivity contribution < 1.29 is 18.7 Å². The first-order valence-corrected chi connectivity index (χ1v) is 7.99. The van der Waals surface area contributed by atoms with E-state index < -0.39 is 5.41 Å². The maximum Gasteiger partial charge on any atom is 0.319 e. The SMILES string of the molecule is CCOC(=O)C1(CCCCc2ccco2)CCC(C)=CC1=O. The van der Waals surface area contributed by atoms with Gasteiger partial charge in [-0.2, -0.15) is 0 Å². The molecule has 0 amide bonds. The first-order valence-electron chi connectivity index (χ1n) is 7.99. The molecule has 1 atom stereocenters. The summed E-state index contributed by atoms with van der Waals surface area (Å²) in [5.41, 5.74) is 0.0686. The molecule has 120 valence electrons. The van der Waals surface area contributed by atoms with Crippen LogP contribution in [-0.4, -0.2) is 18.4 Å². The predicted octanol–water partition coefficient (Wildman–Crippen LogP) is 3.85. The normalized spacial score (nSPS) is 21.5. The Bertz CT molecular complexity index is 541. The molecule has 4 nitrogen and oxygen atoms in total. The van der Waals surface area contributed by atoms with Gasteiger partial charge >= 0.3 is 5.97 Å². The molecule has 22 heavy (non-hydrogen) atoms. The fraction of sp³-hybridized carbons (Fsp3) is 0.556. The van der Waals surface area contributed by atoms with Crippen molar-refractivity contribution in [1.29, 1.82) is 0 Å². The number of esters is 1. The fourth-order valence-corrected chi connectivity index (χ4v) is 2.97. The molecule has 0 N–H and O–H groups in total. The van der Waals surface area contributed by atoms with Crippen molar-refractivity contribution in [2.45, 2.75) is 52.4 Å². The van der Waals surface area contributed by atoms with E-state index in [2.05, 4.69) is 0 Å². The summed E-state index contributed by atoms with van der Waals surface area (Å²) in [6.45, 7) is 4.02. The van der Waals surface area contributed by atoms with E-state index in [1.54, 1.807) is 19.3 Å². The monoisotopic (exact) mass is 304 g/mol. The van der Waals surface area contributed by atoms with Crippen molar-refractivity contribution in [1.82, 2.24) is 0 Å². The lowest BCUT2D eigenvalue weighted by molar-refractivity contribution is -0.160. The van der Waals surface area contributed by atoms with E-state index in [0.717, 1.165) is 37.0 Å². The molecule has 1 aromatic heterocycles. The van der Waals surface area contributed by atoms with Gasteiger partial charge < -0.3 is 9.15 Å². The minimum Gasteiger partial charge on any atom is -0.469 e. The standard InChI is InChI=1S/C18H24O4/c1-3-21-17(20)18(11-9-14(2)13-16(18)19)10-5-4-7-15-8-6-12-22-15/h6,8,12-13H,3-5,7,9-11H2,1-2H3. The Morgan fingerprint density at radius 1 is 1.41 bits per heavy atom. The second kappa shape index (κ2) is 7.43. The number of ketones is 1. The molecule has 1 aliphatic carbocycles. The maximum atomic E-state index is 12.5. The number of rotatable bonds is 7. The van der Waals surface area contributed by atoms with Gasteiger partial charge in [0.2, 0.25) is 0 Å². The number of allylic oxidation sites excluding steroid dienone is 2. The van der Waals surface area contributed by atoms with Gasteiger partial charge in [0.05, 0.1) is 12.9 Å². The van der Waals surface area contributed by atoms with Crippen LogP contribution in [0.15, 0.2) is 34.5 Å². The van der Waals surface area contributed by atoms with Gasteiger partial charge in [0, 0.05) is 6.42 Å². The van der Waals surface area contributed by atoms with Crippen LogP contribution >= 0.6 is 0 Å². The van der Waals surface area contributed by atoms with Crippen molar-refractivity contribution in [2.75, 3.05) is 6.61 Å². The highest BCUT2D eigenvalue weighted by Gasteiger charge is 2.46.